The molecule has 1 heterocycles. The van der Waals surface area contributed by atoms with Gasteiger partial charge in [-0.3, -0.25) is 14.4 Å². The molecular formula is C26H43NO8. The van der Waals surface area contributed by atoms with Crippen LogP contribution < -0.4 is 0 Å². The first-order valence-corrected chi connectivity index (χ1v) is 13.0. The second-order valence-electron chi connectivity index (χ2n) is 8.76. The van der Waals surface area contributed by atoms with Crippen molar-refractivity contribution < 1.29 is 38.1 Å². The number of nitrogens with zero attached hydrogens (tertiary/aromatic N) is 1. The third-order valence-corrected chi connectivity index (χ3v) is 5.64. The number of rotatable bonds is 20. The Morgan fingerprint density at radius 3 is 2.03 bits per heavy atom. The van der Waals surface area contributed by atoms with Crippen molar-refractivity contribution in [1.29, 1.82) is 0 Å². The Bertz CT molecular complexity index is 691. The molecule has 0 saturated heterocycles. The van der Waals surface area contributed by atoms with E-state index >= 15 is 0 Å². The number of carbonyl (C=O) groups is 4. The summed E-state index contributed by atoms with van der Waals surface area (Å²) in [5, 5.41) is 0. The van der Waals surface area contributed by atoms with Crippen molar-refractivity contribution in [1.82, 2.24) is 4.90 Å². The van der Waals surface area contributed by atoms with Gasteiger partial charge in [-0.2, -0.15) is 0 Å². The number of hydrogen-bond acceptors (Lipinski definition) is 8. The summed E-state index contributed by atoms with van der Waals surface area (Å²) in [4.78, 5) is 48.6. The third-order valence-electron chi connectivity index (χ3n) is 5.64. The van der Waals surface area contributed by atoms with E-state index in [-0.39, 0.29) is 19.1 Å². The monoisotopic (exact) mass is 497 g/mol. The highest BCUT2D eigenvalue weighted by Crippen LogP contribution is 2.18. The smallest absolute Gasteiger partial charge is 0.356 e. The molecule has 0 aromatic carbocycles. The fourth-order valence-electron chi connectivity index (χ4n) is 3.56. The number of amides is 1. The second kappa shape index (κ2) is 18.7. The highest BCUT2D eigenvalue weighted by atomic mass is 16.7. The lowest BCUT2D eigenvalue weighted by Crippen LogP contribution is -2.38. The van der Waals surface area contributed by atoms with Crippen molar-refractivity contribution in [2.45, 2.75) is 97.0 Å². The van der Waals surface area contributed by atoms with Gasteiger partial charge in [-0.25, -0.2) is 4.79 Å². The van der Waals surface area contributed by atoms with E-state index in [9.17, 15) is 19.2 Å². The molecule has 35 heavy (non-hydrogen) atoms. The van der Waals surface area contributed by atoms with E-state index in [0.717, 1.165) is 30.2 Å². The number of likely N-dealkylation sites (N-methyl/N-ethyl adjacent to an activating group) is 1. The minimum atomic E-state index is -1.48. The van der Waals surface area contributed by atoms with Crippen LogP contribution in [-0.2, 0) is 38.1 Å². The van der Waals surface area contributed by atoms with Gasteiger partial charge in [0.1, 0.15) is 6.54 Å². The minimum Gasteiger partial charge on any atom is -0.465 e. The van der Waals surface area contributed by atoms with Gasteiger partial charge in [0.05, 0.1) is 19.3 Å². The van der Waals surface area contributed by atoms with Crippen LogP contribution in [0.5, 0.6) is 0 Å². The highest BCUT2D eigenvalue weighted by molar-refractivity contribution is 6.09. The molecular weight excluding hydrogens is 454 g/mol. The lowest BCUT2D eigenvalue weighted by molar-refractivity contribution is -0.163. The van der Waals surface area contributed by atoms with Crippen LogP contribution in [0.4, 0.5) is 0 Å². The predicted molar refractivity (Wildman–Crippen MR) is 130 cm³/mol. The van der Waals surface area contributed by atoms with E-state index in [1.54, 1.807) is 6.92 Å². The van der Waals surface area contributed by atoms with Crippen LogP contribution in [0.1, 0.15) is 90.9 Å². The first kappa shape index (κ1) is 30.5. The number of hydrogen-bond donors (Lipinski definition) is 0. The largest absolute Gasteiger partial charge is 0.465 e. The van der Waals surface area contributed by atoms with Gasteiger partial charge in [-0.1, -0.05) is 77.6 Å². The van der Waals surface area contributed by atoms with E-state index in [4.69, 9.17) is 18.9 Å². The Labute approximate surface area is 209 Å². The number of ketones is 1. The van der Waals surface area contributed by atoms with Crippen molar-refractivity contribution in [3.8, 4) is 0 Å². The number of unbranched alkanes of at least 4 members (excludes halogenated alkanes) is 11. The Morgan fingerprint density at radius 1 is 0.886 bits per heavy atom. The number of carbonyl (C=O) groups excluding carboxylic acids is 4. The first-order valence-electron chi connectivity index (χ1n) is 13.0. The summed E-state index contributed by atoms with van der Waals surface area (Å²) in [7, 11) is 1.38. The van der Waals surface area contributed by atoms with E-state index in [2.05, 4.69) is 6.92 Å². The maximum Gasteiger partial charge on any atom is 0.356 e. The van der Waals surface area contributed by atoms with Crippen LogP contribution in [-0.4, -0.2) is 68.0 Å². The van der Waals surface area contributed by atoms with Crippen LogP contribution in [0, 0.1) is 0 Å². The molecule has 1 unspecified atom stereocenters. The average Bonchev–Trinajstić information content (AvgIpc) is 3.20. The van der Waals surface area contributed by atoms with Gasteiger partial charge in [0.25, 0.3) is 18.0 Å². The lowest BCUT2D eigenvalue weighted by atomic mass is 10.1. The molecule has 1 rings (SSSR count). The summed E-state index contributed by atoms with van der Waals surface area (Å²) in [5.41, 5.74) is 0. The van der Waals surface area contributed by atoms with Gasteiger partial charge in [-0.05, 0) is 13.3 Å². The molecule has 1 atom stereocenters. The molecule has 0 fully saturated rings. The van der Waals surface area contributed by atoms with Gasteiger partial charge in [0.2, 0.25) is 5.78 Å². The summed E-state index contributed by atoms with van der Waals surface area (Å²) in [6, 6.07) is 0. The maximum atomic E-state index is 12.1. The summed E-state index contributed by atoms with van der Waals surface area (Å²) >= 11 is 0. The molecule has 9 heteroatoms. The Balaban J connectivity index is 2.10. The molecule has 200 valence electrons. The normalized spacial score (nSPS) is 14.8. The summed E-state index contributed by atoms with van der Waals surface area (Å²) in [6.45, 7) is 3.62. The van der Waals surface area contributed by atoms with Crippen LogP contribution >= 0.6 is 0 Å². The van der Waals surface area contributed by atoms with Gasteiger partial charge < -0.3 is 23.8 Å². The Morgan fingerprint density at radius 2 is 1.46 bits per heavy atom. The minimum absolute atomic E-state index is 0.00854. The summed E-state index contributed by atoms with van der Waals surface area (Å²) in [5.74, 6) is -2.75. The fourth-order valence-corrected chi connectivity index (χ4v) is 3.56. The van der Waals surface area contributed by atoms with Crippen LogP contribution in [0.2, 0.25) is 0 Å². The van der Waals surface area contributed by atoms with Gasteiger partial charge >= 0.3 is 11.9 Å². The maximum absolute atomic E-state index is 12.1. The molecule has 0 aromatic heterocycles. The molecule has 0 spiro atoms. The molecule has 0 saturated carbocycles. The lowest BCUT2D eigenvalue weighted by Gasteiger charge is -2.17. The van der Waals surface area contributed by atoms with Gasteiger partial charge in [-0.15, -0.1) is 0 Å². The first-order chi connectivity index (χ1) is 16.9. The Kier molecular flexibility index (Phi) is 16.3. The molecule has 0 bridgehead atoms. The SMILES string of the molecule is CCCCCCCCCCCCCCOC1=CC(=O)C(C(=O)OCC(=O)N(C)CC(=O)OCC)O1. The number of ether oxygens (including phenoxy) is 4. The van der Waals surface area contributed by atoms with Crippen molar-refractivity contribution >= 4 is 23.6 Å². The number of esters is 2. The fraction of sp³-hybridized carbons (Fsp3) is 0.769. The molecule has 1 aliphatic rings. The van der Waals surface area contributed by atoms with Crippen LogP contribution in [0.15, 0.2) is 12.0 Å². The standard InChI is InChI=1S/C26H43NO8/c1-4-6-7-8-9-10-11-12-13-14-15-16-17-33-24-18-21(28)25(35-24)26(31)34-20-22(29)27(3)19-23(30)32-5-2/h18,25H,4-17,19-20H2,1-3H3. The molecule has 0 radical (unpaired) electrons. The van der Waals surface area contributed by atoms with E-state index in [1.807, 2.05) is 0 Å². The second-order valence-corrected chi connectivity index (χ2v) is 8.76. The van der Waals surface area contributed by atoms with E-state index in [0.29, 0.717) is 6.61 Å². The molecule has 0 aliphatic carbocycles. The molecule has 0 N–H and O–H groups in total. The van der Waals surface area contributed by atoms with Crippen LogP contribution in [0.3, 0.4) is 0 Å². The highest BCUT2D eigenvalue weighted by Gasteiger charge is 2.36. The van der Waals surface area contributed by atoms with Crippen molar-refractivity contribution in [2.75, 3.05) is 33.4 Å². The zero-order valence-corrected chi connectivity index (χ0v) is 21.7. The summed E-state index contributed by atoms with van der Waals surface area (Å²) < 4.78 is 20.3. The van der Waals surface area contributed by atoms with Gasteiger partial charge in [0.15, 0.2) is 6.61 Å². The quantitative estimate of drug-likeness (QED) is 0.141. The van der Waals surface area contributed by atoms with E-state index < -0.39 is 36.3 Å². The molecule has 0 aromatic rings. The predicted octanol–water partition coefficient (Wildman–Crippen LogP) is 4.08. The van der Waals surface area contributed by atoms with Crippen LogP contribution in [0.25, 0.3) is 0 Å². The topological polar surface area (TPSA) is 108 Å². The summed E-state index contributed by atoms with van der Waals surface area (Å²) in [6.07, 6.45) is 14.5. The zero-order chi connectivity index (χ0) is 25.9. The zero-order valence-electron chi connectivity index (χ0n) is 21.7. The third kappa shape index (κ3) is 13.8. The van der Waals surface area contributed by atoms with E-state index in [1.165, 1.54) is 64.8 Å². The van der Waals surface area contributed by atoms with Gasteiger partial charge in [0, 0.05) is 7.05 Å². The molecule has 9 nitrogen and oxygen atoms in total. The van der Waals surface area contributed by atoms with Crippen molar-refractivity contribution in [2.24, 2.45) is 0 Å². The molecule has 1 aliphatic heterocycles. The van der Waals surface area contributed by atoms with Crippen molar-refractivity contribution in [3.63, 3.8) is 0 Å². The van der Waals surface area contributed by atoms with Crippen molar-refractivity contribution in [3.05, 3.63) is 12.0 Å². The average molecular weight is 498 g/mol. The Hall–Kier alpha value is -2.58. The molecule has 1 amide bonds.